The number of aryl methyl sites for hydroxylation is 6. The molecule has 0 saturated heterocycles. The molecule has 0 spiro atoms. The van der Waals surface area contributed by atoms with Gasteiger partial charge in [0.1, 0.15) is 0 Å². The third-order valence-corrected chi connectivity index (χ3v) is 21.6. The van der Waals surface area contributed by atoms with E-state index in [1.807, 2.05) is 33.8 Å². The zero-order valence-corrected chi connectivity index (χ0v) is 67.8. The van der Waals surface area contributed by atoms with Crippen LogP contribution in [-0.4, -0.2) is 152 Å². The molecule has 5 amide bonds. The number of nitro benzene ring substituents is 1. The molecule has 584 valence electrons. The zero-order chi connectivity index (χ0) is 82.0. The van der Waals surface area contributed by atoms with Crippen LogP contribution in [0, 0.1) is 51.7 Å². The lowest BCUT2D eigenvalue weighted by Gasteiger charge is -2.26. The van der Waals surface area contributed by atoms with Crippen LogP contribution in [0.5, 0.6) is 0 Å². The Hall–Kier alpha value is -9.87. The predicted octanol–water partition coefficient (Wildman–Crippen LogP) is 13.5. The number of aliphatic imine (C=N–C) groups is 1. The van der Waals surface area contributed by atoms with Crippen molar-refractivity contribution in [3.63, 3.8) is 0 Å². The van der Waals surface area contributed by atoms with Gasteiger partial charge in [-0.15, -0.1) is 4.99 Å². The van der Waals surface area contributed by atoms with Crippen molar-refractivity contribution >= 4 is 164 Å². The van der Waals surface area contributed by atoms with Crippen LogP contribution in [-0.2, 0) is 34.9 Å². The minimum absolute atomic E-state index is 0.000197. The van der Waals surface area contributed by atoms with Gasteiger partial charge in [-0.3, -0.25) is 29.8 Å². The van der Waals surface area contributed by atoms with Crippen molar-refractivity contribution in [1.29, 1.82) is 0 Å². The van der Waals surface area contributed by atoms with Crippen LogP contribution < -0.4 is 35.4 Å². The number of benzene rings is 6. The van der Waals surface area contributed by atoms with E-state index in [1.54, 1.807) is 58.0 Å². The van der Waals surface area contributed by atoms with Gasteiger partial charge >= 0.3 is 6.03 Å². The average molecular weight is 1690 g/mol. The molecule has 0 unspecified atom stereocenters. The third kappa shape index (κ3) is 27.6. The Morgan fingerprint density at radius 2 is 0.864 bits per heavy atom. The summed E-state index contributed by atoms with van der Waals surface area (Å²) < 4.78 is 82.9. The molecule has 0 radical (unpaired) electrons. The number of halogens is 6. The zero-order valence-electron chi connectivity index (χ0n) is 60.8. The van der Waals surface area contributed by atoms with Crippen LogP contribution in [0.3, 0.4) is 0 Å². The molecule has 3 aromatic heterocycles. The Morgan fingerprint density at radius 1 is 0.500 bits per heavy atom. The van der Waals surface area contributed by atoms with E-state index >= 15 is 0 Å². The number of carbonyl (C=O) groups is 4. The summed E-state index contributed by atoms with van der Waals surface area (Å²) in [5.74, 6) is -1.73. The van der Waals surface area contributed by atoms with E-state index < -0.39 is 58.7 Å². The highest BCUT2D eigenvalue weighted by atomic mass is 35.5. The number of isocyanates is 1. The van der Waals surface area contributed by atoms with E-state index in [2.05, 4.69) is 73.9 Å². The van der Waals surface area contributed by atoms with E-state index in [1.165, 1.54) is 93.5 Å². The molecule has 9 aromatic rings. The van der Waals surface area contributed by atoms with E-state index in [0.717, 1.165) is 67.9 Å². The van der Waals surface area contributed by atoms with Gasteiger partial charge in [0.05, 0.1) is 64.5 Å². The highest BCUT2D eigenvalue weighted by Gasteiger charge is 2.30. The van der Waals surface area contributed by atoms with Crippen LogP contribution in [0.15, 0.2) is 165 Å². The van der Waals surface area contributed by atoms with Gasteiger partial charge < -0.3 is 26.6 Å². The highest BCUT2D eigenvalue weighted by Crippen LogP contribution is 2.28. The van der Waals surface area contributed by atoms with Crippen LogP contribution >= 0.6 is 69.6 Å². The Bertz CT molecular complexity index is 5110. The lowest BCUT2D eigenvalue weighted by molar-refractivity contribution is -0.384. The van der Waals surface area contributed by atoms with E-state index in [0.29, 0.717) is 56.6 Å². The summed E-state index contributed by atoms with van der Waals surface area (Å²) in [6.07, 6.45) is 1.14. The molecule has 9 rings (SSSR count). The third-order valence-electron chi connectivity index (χ3n) is 15.1. The Balaban J connectivity index is 0.000000264. The number of aromatic nitrogens is 6. The largest absolute Gasteiger partial charge is 0.399 e. The first-order chi connectivity index (χ1) is 51.7. The second-order valence-electron chi connectivity index (χ2n) is 23.2. The summed E-state index contributed by atoms with van der Waals surface area (Å²) in [5, 5.41) is 17.0. The number of amides is 5. The number of likely N-dealkylation sites (N-methyl/N-ethyl adjacent to an activating group) is 2. The van der Waals surface area contributed by atoms with Gasteiger partial charge in [-0.2, -0.15) is 0 Å². The fourth-order valence-corrected chi connectivity index (χ4v) is 14.7. The number of nitrogens with zero attached hydrogens (tertiary/aromatic N) is 12. The number of non-ortho nitro benzene ring substituents is 1. The summed E-state index contributed by atoms with van der Waals surface area (Å²) in [7, 11) is -11.7. The molecule has 39 heteroatoms. The number of nitrogen functional groups attached to an aromatic ring is 1. The number of sulfonamides is 3. The quantitative estimate of drug-likeness (QED) is 0.0123. The van der Waals surface area contributed by atoms with Crippen molar-refractivity contribution < 1.29 is 54.1 Å². The predicted molar refractivity (Wildman–Crippen MR) is 427 cm³/mol. The maximum absolute atomic E-state index is 13.7. The number of nitrogens with two attached hydrogens (primary N) is 2. The standard InChI is InChI=1S/C26H30Cl2N6O4S.C18H27N5O2S.C12H12N4O4S.C8H3Cl2NO2.C7H5Cl2NO/c1-5-33(6-2)13-14-34(25-29-17(3)15-18(4)30-25)39(37,38)21-10-8-20(9-11-21)31-26(36)32-24(35)22-12-7-19(27)16-23(22)28;1-5-22(6-2)11-12-23(18-20-14(3)13-15(4)21-18)26(24,25)17-9-7-16(19)8-10-17;1-8-7-9(2)14-12(13-8)15-21(19,20)11-5-3-10(4-6-11)16(17)18;9-5-1-2-6(7(10)3-5)8(13)11-4-12;8-4-1-2-5(7(10)11)6(9)3-4/h7-12,15-16H,5-6,13-14H2,1-4H3,(H2,31,32,35,36);7-10,13H,5-6,11-12,19H2,1-4H3;3-7H,1-2H3,(H,13,14,15);1-3H;1-3H,(H2,10,11). The monoisotopic (exact) mass is 1680 g/mol. The molecule has 0 fully saturated rings. The van der Waals surface area contributed by atoms with Gasteiger partial charge in [-0.25, -0.2) is 78.1 Å². The van der Waals surface area contributed by atoms with Gasteiger partial charge in [-0.1, -0.05) is 97.3 Å². The number of imide groups is 1. The number of hydrogen-bond acceptors (Lipinski definition) is 22. The van der Waals surface area contributed by atoms with Gasteiger partial charge in [-0.05, 0) is 201 Å². The van der Waals surface area contributed by atoms with Crippen LogP contribution in [0.25, 0.3) is 0 Å². The maximum atomic E-state index is 13.7. The number of hydrogen-bond donors (Lipinski definition) is 5. The summed E-state index contributed by atoms with van der Waals surface area (Å²) in [6, 6.07) is 33.9. The molecule has 0 saturated carbocycles. The molecule has 110 heavy (non-hydrogen) atoms. The van der Waals surface area contributed by atoms with Crippen molar-refractivity contribution in [1.82, 2.24) is 45.0 Å². The lowest BCUT2D eigenvalue weighted by atomic mass is 10.2. The molecule has 6 aromatic carbocycles. The van der Waals surface area contributed by atoms with E-state index in [4.69, 9.17) is 81.1 Å². The van der Waals surface area contributed by atoms with Crippen molar-refractivity contribution in [2.24, 2.45) is 10.7 Å². The van der Waals surface area contributed by atoms with Crippen molar-refractivity contribution in [3.05, 3.63) is 237 Å². The van der Waals surface area contributed by atoms with Crippen molar-refractivity contribution in [2.45, 2.75) is 83.9 Å². The van der Waals surface area contributed by atoms with Crippen LogP contribution in [0.1, 0.15) is 92.9 Å². The molecular formula is C71H77Cl6N17O13S3. The average Bonchev–Trinajstić information content (AvgIpc) is 0.788. The second kappa shape index (κ2) is 42.4. The van der Waals surface area contributed by atoms with Gasteiger partial charge in [0.25, 0.3) is 47.6 Å². The van der Waals surface area contributed by atoms with E-state index in [-0.39, 0.29) is 88.8 Å². The Labute approximate surface area is 666 Å². The Kier molecular flexibility index (Phi) is 34.9. The molecule has 0 aliphatic heterocycles. The summed E-state index contributed by atoms with van der Waals surface area (Å²) >= 11 is 34.3. The summed E-state index contributed by atoms with van der Waals surface area (Å²) in [6.45, 7) is 23.5. The van der Waals surface area contributed by atoms with Crippen LogP contribution in [0.4, 0.5) is 39.7 Å². The fraction of sp³-hybridized carbons (Fsp3) is 0.254. The number of rotatable bonds is 24. The second-order valence-corrected chi connectivity index (χ2v) is 31.1. The number of primary amides is 1. The van der Waals surface area contributed by atoms with Crippen molar-refractivity contribution in [2.75, 3.05) is 76.7 Å². The molecule has 30 nitrogen and oxygen atoms in total. The topological polar surface area (TPSA) is 422 Å². The molecule has 0 atom stereocenters. The van der Waals surface area contributed by atoms with Crippen LogP contribution in [0.2, 0.25) is 30.1 Å². The number of carbonyl (C=O) groups excluding carboxylic acids is 5. The minimum Gasteiger partial charge on any atom is -0.399 e. The smallest absolute Gasteiger partial charge is 0.326 e. The number of urea groups is 1. The summed E-state index contributed by atoms with van der Waals surface area (Å²) in [5.41, 5.74) is 15.8. The maximum Gasteiger partial charge on any atom is 0.326 e. The first-order valence-electron chi connectivity index (χ1n) is 32.8. The SMILES string of the molecule is CCN(CC)CCN(c1nc(C)cc(C)n1)S(=O)(=O)c1ccc(N)cc1.CCN(CC)CCN(c1nc(C)cc(C)n1)S(=O)(=O)c1ccc(NC(=O)NC(=O)c2ccc(Cl)cc2Cl)cc1.Cc1cc(C)nc(NS(=O)(=O)c2ccc([N+](=O)[O-])cc2)n1.NC(=O)c1ccc(Cl)cc1Cl.O=C=NC(=O)c1ccc(Cl)cc1Cl. The molecular weight excluding hydrogens is 1610 g/mol. The first-order valence-corrected chi connectivity index (χ1v) is 39.5. The molecule has 0 bridgehead atoms. The molecule has 0 aliphatic rings. The lowest BCUT2D eigenvalue weighted by Crippen LogP contribution is -2.40. The number of anilines is 5. The van der Waals surface area contributed by atoms with Gasteiger partial charge in [0.15, 0.2) is 0 Å². The summed E-state index contributed by atoms with van der Waals surface area (Å²) in [4.78, 5) is 98.8. The molecule has 0 aliphatic carbocycles. The Morgan fingerprint density at radius 3 is 1.23 bits per heavy atom. The molecule has 7 N–H and O–H groups in total. The number of nitrogens with one attached hydrogen (secondary N) is 3. The fourth-order valence-electron chi connectivity index (χ4n) is 9.60. The van der Waals surface area contributed by atoms with Gasteiger partial charge in [0, 0.05) is 85.8 Å². The van der Waals surface area contributed by atoms with E-state index in [9.17, 15) is 59.3 Å². The number of nitro groups is 1. The van der Waals surface area contributed by atoms with Gasteiger partial charge in [0.2, 0.25) is 29.8 Å². The normalized spacial score (nSPS) is 11.0. The minimum atomic E-state index is -4.03. The molecule has 3 heterocycles. The first kappa shape index (κ1) is 90.7. The van der Waals surface area contributed by atoms with Crippen molar-refractivity contribution in [3.8, 4) is 0 Å². The highest BCUT2D eigenvalue weighted by molar-refractivity contribution is 7.93.